The van der Waals surface area contributed by atoms with Crippen LogP contribution in [0.1, 0.15) is 48.0 Å². The summed E-state index contributed by atoms with van der Waals surface area (Å²) in [5.74, 6) is 0.229. The molecule has 0 aromatic rings. The summed E-state index contributed by atoms with van der Waals surface area (Å²) in [6, 6.07) is 0.311. The molecule has 2 heterocycles. The monoisotopic (exact) mass is 309 g/mol. The number of carbonyl (C=O) groups excluding carboxylic acids is 1. The van der Waals surface area contributed by atoms with Gasteiger partial charge in [0.05, 0.1) is 18.7 Å². The Morgan fingerprint density at radius 1 is 1.14 bits per heavy atom. The molecule has 2 aliphatic heterocycles. The van der Waals surface area contributed by atoms with Crippen molar-refractivity contribution in [2.75, 3.05) is 13.1 Å². The molecule has 0 spiro atoms. The number of hydrogen-bond donors (Lipinski definition) is 0. The van der Waals surface area contributed by atoms with Gasteiger partial charge >= 0.3 is 0 Å². The second kappa shape index (κ2) is 6.35. The topological polar surface area (TPSA) is 29.5 Å². The molecule has 21 heavy (non-hydrogen) atoms. The van der Waals surface area contributed by atoms with Crippen molar-refractivity contribution in [2.45, 2.75) is 76.7 Å². The molecule has 4 heteroatoms. The van der Waals surface area contributed by atoms with Crippen LogP contribution < -0.4 is 0 Å². The van der Waals surface area contributed by atoms with Crippen LogP contribution in [0, 0.1) is 0 Å². The van der Waals surface area contributed by atoms with Crippen molar-refractivity contribution < 1.29 is 9.22 Å². The highest BCUT2D eigenvalue weighted by Gasteiger charge is 2.49. The molecule has 0 aromatic heterocycles. The maximum Gasteiger partial charge on any atom is 0.200 e. The number of carbonyl (C=O) groups is 1. The number of rotatable bonds is 5. The molecule has 0 N–H and O–H groups in total. The van der Waals surface area contributed by atoms with Crippen LogP contribution in [0.2, 0.25) is 16.6 Å². The summed E-state index contributed by atoms with van der Waals surface area (Å²) in [6.07, 6.45) is 5.16. The summed E-state index contributed by atoms with van der Waals surface area (Å²) < 4.78 is 6.92. The highest BCUT2D eigenvalue weighted by molar-refractivity contribution is 6.77. The Morgan fingerprint density at radius 3 is 2.24 bits per heavy atom. The van der Waals surface area contributed by atoms with Crippen molar-refractivity contribution in [3.8, 4) is 0 Å². The highest BCUT2D eigenvalue weighted by atomic mass is 28.4. The van der Waals surface area contributed by atoms with Crippen LogP contribution in [0.25, 0.3) is 0 Å². The lowest BCUT2D eigenvalue weighted by Crippen LogP contribution is -2.52. The van der Waals surface area contributed by atoms with E-state index in [1.807, 2.05) is 0 Å². The summed E-state index contributed by atoms with van der Waals surface area (Å²) in [5, 5.41) is 0. The third-order valence-electron chi connectivity index (χ3n) is 5.40. The van der Waals surface area contributed by atoms with Gasteiger partial charge in [0.1, 0.15) is 0 Å². The molecule has 0 radical (unpaired) electrons. The quantitative estimate of drug-likeness (QED) is 0.724. The number of fused-ring (bicyclic) bond motifs is 1. The lowest BCUT2D eigenvalue weighted by atomic mass is 10.1. The zero-order valence-electron chi connectivity index (χ0n) is 14.4. The minimum atomic E-state index is -1.83. The third kappa shape index (κ3) is 3.03. The summed E-state index contributed by atoms with van der Waals surface area (Å²) in [6.45, 7) is 15.6. The Bertz CT molecular complexity index is 395. The minimum Gasteiger partial charge on any atom is -0.411 e. The fourth-order valence-electron chi connectivity index (χ4n) is 4.54. The molecule has 2 rings (SSSR count). The van der Waals surface area contributed by atoms with Gasteiger partial charge in [-0.3, -0.25) is 9.69 Å². The third-order valence-corrected chi connectivity index (χ3v) is 11.5. The van der Waals surface area contributed by atoms with E-state index >= 15 is 0 Å². The molecule has 2 atom stereocenters. The lowest BCUT2D eigenvalue weighted by molar-refractivity contribution is -0.116. The predicted molar refractivity (Wildman–Crippen MR) is 90.0 cm³/mol. The molecule has 3 nitrogen and oxygen atoms in total. The van der Waals surface area contributed by atoms with E-state index in [9.17, 15) is 4.79 Å². The van der Waals surface area contributed by atoms with Gasteiger partial charge in [0.15, 0.2) is 5.78 Å². The Balaban J connectivity index is 2.22. The van der Waals surface area contributed by atoms with Crippen molar-refractivity contribution in [3.05, 3.63) is 12.2 Å². The van der Waals surface area contributed by atoms with Gasteiger partial charge in [-0.2, -0.15) is 0 Å². The Labute approximate surface area is 130 Å². The van der Waals surface area contributed by atoms with Crippen LogP contribution >= 0.6 is 0 Å². The first-order chi connectivity index (χ1) is 9.79. The zero-order chi connectivity index (χ0) is 15.8. The molecule has 1 saturated heterocycles. The second-order valence-electron chi connectivity index (χ2n) is 7.55. The Kier molecular flexibility index (Phi) is 5.11. The van der Waals surface area contributed by atoms with Crippen molar-refractivity contribution in [3.63, 3.8) is 0 Å². The molecule has 0 amide bonds. The average molecular weight is 310 g/mol. The van der Waals surface area contributed by atoms with E-state index in [0.29, 0.717) is 29.2 Å². The van der Waals surface area contributed by atoms with E-state index in [1.54, 1.807) is 6.08 Å². The van der Waals surface area contributed by atoms with Gasteiger partial charge in [-0.05, 0) is 29.1 Å². The van der Waals surface area contributed by atoms with E-state index < -0.39 is 8.32 Å². The Morgan fingerprint density at radius 2 is 1.71 bits per heavy atom. The van der Waals surface area contributed by atoms with E-state index in [0.717, 1.165) is 13.0 Å². The van der Waals surface area contributed by atoms with Crippen LogP contribution in [-0.2, 0) is 9.22 Å². The molecular formula is C17H31NO2Si. The SMILES string of the molecule is CC(C)[Si](O[C@H]1CCN2CC(=O)C=C[C@@H]12)(C(C)C)C(C)C. The lowest BCUT2D eigenvalue weighted by Gasteiger charge is -2.45. The highest BCUT2D eigenvalue weighted by Crippen LogP contribution is 2.44. The molecule has 2 aliphatic rings. The molecule has 1 fully saturated rings. The maximum absolute atomic E-state index is 11.6. The Hall–Kier alpha value is -0.453. The number of hydrogen-bond acceptors (Lipinski definition) is 3. The molecular weight excluding hydrogens is 278 g/mol. The van der Waals surface area contributed by atoms with Crippen molar-refractivity contribution >= 4 is 14.1 Å². The van der Waals surface area contributed by atoms with Gasteiger partial charge in [-0.1, -0.05) is 47.6 Å². The smallest absolute Gasteiger partial charge is 0.200 e. The van der Waals surface area contributed by atoms with Crippen molar-refractivity contribution in [2.24, 2.45) is 0 Å². The van der Waals surface area contributed by atoms with Crippen LogP contribution in [-0.4, -0.2) is 44.2 Å². The zero-order valence-corrected chi connectivity index (χ0v) is 15.4. The van der Waals surface area contributed by atoms with Gasteiger partial charge in [-0.25, -0.2) is 0 Å². The first kappa shape index (κ1) is 16.9. The molecule has 120 valence electrons. The maximum atomic E-state index is 11.6. The largest absolute Gasteiger partial charge is 0.411 e. The van der Waals surface area contributed by atoms with Crippen molar-refractivity contribution in [1.29, 1.82) is 0 Å². The van der Waals surface area contributed by atoms with Crippen LogP contribution in [0.3, 0.4) is 0 Å². The fourth-order valence-corrected chi connectivity index (χ4v) is 10.1. The molecule has 0 aliphatic carbocycles. The van der Waals surface area contributed by atoms with Crippen LogP contribution in [0.5, 0.6) is 0 Å². The van der Waals surface area contributed by atoms with Gasteiger partial charge in [-0.15, -0.1) is 0 Å². The minimum absolute atomic E-state index is 0.229. The second-order valence-corrected chi connectivity index (χ2v) is 13.0. The van der Waals surface area contributed by atoms with Gasteiger partial charge in [0.25, 0.3) is 0 Å². The van der Waals surface area contributed by atoms with E-state index in [1.165, 1.54) is 0 Å². The number of ketones is 1. The standard InChI is InChI=1S/C17H31NO2Si/c1-12(2)21(13(3)4,14(5)6)20-17-9-10-18-11-15(19)7-8-16(17)18/h7-8,12-14,16-17H,9-11H2,1-6H3/t16-,17-/m0/s1. The molecule has 0 saturated carbocycles. The summed E-state index contributed by atoms with van der Waals surface area (Å²) in [4.78, 5) is 13.8. The normalized spacial score (nSPS) is 27.2. The number of nitrogens with zero attached hydrogens (tertiary/aromatic N) is 1. The molecule has 0 unspecified atom stereocenters. The van der Waals surface area contributed by atoms with Gasteiger partial charge in [0, 0.05) is 6.54 Å². The van der Waals surface area contributed by atoms with Gasteiger partial charge in [0.2, 0.25) is 8.32 Å². The summed E-state index contributed by atoms with van der Waals surface area (Å²) in [5.41, 5.74) is 1.84. The van der Waals surface area contributed by atoms with E-state index in [4.69, 9.17) is 4.43 Å². The summed E-state index contributed by atoms with van der Waals surface area (Å²) >= 11 is 0. The molecule has 0 aromatic carbocycles. The van der Waals surface area contributed by atoms with E-state index in [-0.39, 0.29) is 11.9 Å². The van der Waals surface area contributed by atoms with Crippen molar-refractivity contribution in [1.82, 2.24) is 4.90 Å². The van der Waals surface area contributed by atoms with E-state index in [2.05, 4.69) is 52.5 Å². The van der Waals surface area contributed by atoms with Crippen LogP contribution in [0.15, 0.2) is 12.2 Å². The fraction of sp³-hybridized carbons (Fsp3) is 0.824. The van der Waals surface area contributed by atoms with Gasteiger partial charge < -0.3 is 4.43 Å². The van der Waals surface area contributed by atoms with Crippen LogP contribution in [0.4, 0.5) is 0 Å². The molecule has 0 bridgehead atoms. The average Bonchev–Trinajstić information content (AvgIpc) is 2.76. The summed E-state index contributed by atoms with van der Waals surface area (Å²) in [7, 11) is -1.83. The first-order valence-electron chi connectivity index (χ1n) is 8.42. The first-order valence-corrected chi connectivity index (χ1v) is 10.6. The predicted octanol–water partition coefficient (Wildman–Crippen LogP) is 3.76.